The summed E-state index contributed by atoms with van der Waals surface area (Å²) >= 11 is 0.930. The van der Waals surface area contributed by atoms with E-state index >= 15 is 0 Å². The van der Waals surface area contributed by atoms with E-state index in [1.54, 1.807) is 56.3 Å². The summed E-state index contributed by atoms with van der Waals surface area (Å²) in [4.78, 5) is 44.8. The molecule has 2 heterocycles. The van der Waals surface area contributed by atoms with Crippen LogP contribution >= 0.6 is 11.3 Å². The minimum Gasteiger partial charge on any atom is -0.507 e. The molecule has 1 amide bonds. The van der Waals surface area contributed by atoms with Gasteiger partial charge in [-0.05, 0) is 43.7 Å². The highest BCUT2D eigenvalue weighted by Gasteiger charge is 2.49. The lowest BCUT2D eigenvalue weighted by Crippen LogP contribution is -2.29. The number of aliphatic hydroxyl groups excluding tert-OH is 1. The summed E-state index contributed by atoms with van der Waals surface area (Å²) in [5.74, 6) is -1.72. The number of rotatable bonds is 6. The first-order valence-corrected chi connectivity index (χ1v) is 11.7. The van der Waals surface area contributed by atoms with Gasteiger partial charge in [-0.25, -0.2) is 9.78 Å². The molecule has 1 fully saturated rings. The molecule has 0 spiro atoms. The van der Waals surface area contributed by atoms with Gasteiger partial charge in [0.05, 0.1) is 32.6 Å². The molecular weight excluding hydrogens is 484 g/mol. The van der Waals surface area contributed by atoms with Crippen LogP contribution < -0.4 is 14.4 Å². The van der Waals surface area contributed by atoms with Gasteiger partial charge in [-0.15, -0.1) is 0 Å². The SMILES string of the molecule is COC(=O)c1sc(N2C(=O)C(=O)/C(=C(/O)c3ccc(OC)cc3C)C2c2ccccc2OC)nc1C. The van der Waals surface area contributed by atoms with Crippen molar-refractivity contribution in [3.8, 4) is 11.5 Å². The van der Waals surface area contributed by atoms with E-state index in [0.717, 1.165) is 11.3 Å². The van der Waals surface area contributed by atoms with E-state index in [4.69, 9.17) is 14.2 Å². The van der Waals surface area contributed by atoms with E-state index in [-0.39, 0.29) is 21.3 Å². The Kier molecular flexibility index (Phi) is 6.80. The molecule has 0 bridgehead atoms. The normalized spacial score (nSPS) is 16.8. The summed E-state index contributed by atoms with van der Waals surface area (Å²) in [5.41, 5.74) is 1.73. The van der Waals surface area contributed by atoms with Gasteiger partial charge < -0.3 is 19.3 Å². The molecule has 1 atom stereocenters. The van der Waals surface area contributed by atoms with Gasteiger partial charge in [0.1, 0.15) is 28.2 Å². The van der Waals surface area contributed by atoms with Crippen molar-refractivity contribution < 1.29 is 33.7 Å². The maximum absolute atomic E-state index is 13.4. The number of ketones is 1. The first-order chi connectivity index (χ1) is 17.2. The number of Topliss-reactive ketones (excluding diaryl/α,β-unsaturated/α-hetero) is 1. The summed E-state index contributed by atoms with van der Waals surface area (Å²) in [6.45, 7) is 3.38. The molecule has 10 heteroatoms. The van der Waals surface area contributed by atoms with Gasteiger partial charge in [0, 0.05) is 11.1 Å². The van der Waals surface area contributed by atoms with Crippen LogP contribution in [0.5, 0.6) is 11.5 Å². The van der Waals surface area contributed by atoms with Crippen LogP contribution in [-0.4, -0.2) is 49.1 Å². The molecule has 0 saturated carbocycles. The number of hydrogen-bond donors (Lipinski definition) is 1. The monoisotopic (exact) mass is 508 g/mol. The van der Waals surface area contributed by atoms with Crippen molar-refractivity contribution in [1.82, 2.24) is 4.98 Å². The molecule has 1 N–H and O–H groups in total. The highest BCUT2D eigenvalue weighted by Crippen LogP contribution is 2.46. The molecule has 186 valence electrons. The number of ether oxygens (including phenoxy) is 3. The Labute approximate surface area is 211 Å². The van der Waals surface area contributed by atoms with E-state index in [9.17, 15) is 19.5 Å². The fourth-order valence-corrected chi connectivity index (χ4v) is 5.17. The van der Waals surface area contributed by atoms with Gasteiger partial charge in [-0.2, -0.15) is 0 Å². The lowest BCUT2D eigenvalue weighted by Gasteiger charge is -2.24. The number of thiazole rings is 1. The Morgan fingerprint density at radius 2 is 1.78 bits per heavy atom. The average molecular weight is 509 g/mol. The summed E-state index contributed by atoms with van der Waals surface area (Å²) in [6, 6.07) is 10.8. The van der Waals surface area contributed by atoms with Gasteiger partial charge in [0.2, 0.25) is 0 Å². The molecule has 1 saturated heterocycles. The quantitative estimate of drug-likeness (QED) is 0.228. The van der Waals surface area contributed by atoms with Gasteiger partial charge in [0.15, 0.2) is 5.13 Å². The predicted octanol–water partition coefficient (Wildman–Crippen LogP) is 4.19. The molecule has 36 heavy (non-hydrogen) atoms. The fraction of sp³-hybridized carbons (Fsp3) is 0.231. The summed E-state index contributed by atoms with van der Waals surface area (Å²) < 4.78 is 15.6. The number of para-hydroxylation sites is 1. The van der Waals surface area contributed by atoms with Crippen LogP contribution in [0, 0.1) is 13.8 Å². The molecule has 2 aromatic carbocycles. The lowest BCUT2D eigenvalue weighted by atomic mass is 9.93. The van der Waals surface area contributed by atoms with Crippen LogP contribution in [0.1, 0.15) is 38.1 Å². The number of amides is 1. The van der Waals surface area contributed by atoms with Crippen LogP contribution in [0.25, 0.3) is 5.76 Å². The standard InChI is InChI=1S/C26H24N2O7S/c1-13-12-15(33-3)10-11-16(13)21(29)19-20(17-8-6-7-9-18(17)34-4)28(24(31)22(19)30)26-27-14(2)23(36-26)25(32)35-5/h6-12,20,29H,1-5H3/b21-19+. The minimum absolute atomic E-state index is 0.120. The third-order valence-corrected chi connectivity index (χ3v) is 7.07. The van der Waals surface area contributed by atoms with Crippen molar-refractivity contribution in [3.63, 3.8) is 0 Å². The number of aliphatic hydroxyl groups is 1. The van der Waals surface area contributed by atoms with Crippen LogP contribution in [0.15, 0.2) is 48.0 Å². The predicted molar refractivity (Wildman–Crippen MR) is 134 cm³/mol. The molecule has 1 aliphatic heterocycles. The largest absolute Gasteiger partial charge is 0.507 e. The number of aromatic nitrogens is 1. The second kappa shape index (κ2) is 9.82. The second-order valence-corrected chi connectivity index (χ2v) is 8.97. The van der Waals surface area contributed by atoms with E-state index in [1.807, 2.05) is 0 Å². The summed E-state index contributed by atoms with van der Waals surface area (Å²) in [5, 5.41) is 11.5. The van der Waals surface area contributed by atoms with Gasteiger partial charge in [-0.1, -0.05) is 29.5 Å². The Morgan fingerprint density at radius 1 is 1.06 bits per heavy atom. The topological polar surface area (TPSA) is 115 Å². The molecule has 9 nitrogen and oxygen atoms in total. The number of hydrogen-bond acceptors (Lipinski definition) is 9. The molecule has 4 rings (SSSR count). The Bertz CT molecular complexity index is 1410. The van der Waals surface area contributed by atoms with Crippen LogP contribution in [0.3, 0.4) is 0 Å². The molecular formula is C26H24N2O7S. The smallest absolute Gasteiger partial charge is 0.350 e. The van der Waals surface area contributed by atoms with Crippen molar-refractivity contribution in [2.45, 2.75) is 19.9 Å². The Hall–Kier alpha value is -4.18. The zero-order valence-corrected chi connectivity index (χ0v) is 21.1. The zero-order chi connectivity index (χ0) is 26.1. The van der Waals surface area contributed by atoms with E-state index in [0.29, 0.717) is 33.9 Å². The van der Waals surface area contributed by atoms with Gasteiger partial charge in [-0.3, -0.25) is 14.5 Å². The Balaban J connectivity index is 1.98. The number of nitrogens with zero attached hydrogens (tertiary/aromatic N) is 2. The van der Waals surface area contributed by atoms with Crippen molar-refractivity contribution in [3.05, 3.63) is 75.3 Å². The van der Waals surface area contributed by atoms with Gasteiger partial charge in [0.25, 0.3) is 5.78 Å². The molecule has 1 aromatic heterocycles. The fourth-order valence-electron chi connectivity index (χ4n) is 4.16. The Morgan fingerprint density at radius 3 is 2.42 bits per heavy atom. The average Bonchev–Trinajstić information content (AvgIpc) is 3.39. The molecule has 1 aliphatic rings. The van der Waals surface area contributed by atoms with Crippen LogP contribution in [0.4, 0.5) is 5.13 Å². The van der Waals surface area contributed by atoms with Crippen molar-refractivity contribution >= 4 is 39.9 Å². The minimum atomic E-state index is -1.06. The maximum atomic E-state index is 13.4. The highest BCUT2D eigenvalue weighted by molar-refractivity contribution is 7.17. The molecule has 0 radical (unpaired) electrons. The number of methoxy groups -OCH3 is 3. The number of carbonyl (C=O) groups excluding carboxylic acids is 3. The highest BCUT2D eigenvalue weighted by atomic mass is 32.1. The van der Waals surface area contributed by atoms with E-state index < -0.39 is 23.7 Å². The van der Waals surface area contributed by atoms with E-state index in [1.165, 1.54) is 26.2 Å². The lowest BCUT2D eigenvalue weighted by molar-refractivity contribution is -0.132. The first kappa shape index (κ1) is 24.9. The third kappa shape index (κ3) is 4.09. The number of carbonyl (C=O) groups is 3. The maximum Gasteiger partial charge on any atom is 0.350 e. The van der Waals surface area contributed by atoms with Crippen molar-refractivity contribution in [1.29, 1.82) is 0 Å². The summed E-state index contributed by atoms with van der Waals surface area (Å²) in [7, 11) is 4.25. The third-order valence-electron chi connectivity index (χ3n) is 5.93. The summed E-state index contributed by atoms with van der Waals surface area (Å²) in [6.07, 6.45) is 0. The molecule has 3 aromatic rings. The second-order valence-electron chi connectivity index (χ2n) is 7.99. The number of benzene rings is 2. The number of esters is 1. The van der Waals surface area contributed by atoms with Crippen LogP contribution in [0.2, 0.25) is 0 Å². The zero-order valence-electron chi connectivity index (χ0n) is 20.3. The van der Waals surface area contributed by atoms with Crippen molar-refractivity contribution in [2.24, 2.45) is 0 Å². The first-order valence-electron chi connectivity index (χ1n) is 10.9. The number of anilines is 1. The van der Waals surface area contributed by atoms with Crippen molar-refractivity contribution in [2.75, 3.05) is 26.2 Å². The van der Waals surface area contributed by atoms with Gasteiger partial charge >= 0.3 is 11.9 Å². The number of aryl methyl sites for hydroxylation is 2. The molecule has 0 aliphatic carbocycles. The van der Waals surface area contributed by atoms with E-state index in [2.05, 4.69) is 4.98 Å². The van der Waals surface area contributed by atoms with Crippen LogP contribution in [-0.2, 0) is 14.3 Å². The molecule has 1 unspecified atom stereocenters.